The van der Waals surface area contributed by atoms with Gasteiger partial charge < -0.3 is 14.7 Å². The first kappa shape index (κ1) is 25.5. The van der Waals surface area contributed by atoms with Crippen LogP contribution in [0, 0.1) is 18.7 Å². The van der Waals surface area contributed by atoms with Gasteiger partial charge in [-0.2, -0.15) is 13.2 Å². The summed E-state index contributed by atoms with van der Waals surface area (Å²) in [5, 5.41) is 9.16. The Morgan fingerprint density at radius 2 is 1.81 bits per heavy atom. The fourth-order valence-corrected chi connectivity index (χ4v) is 4.80. The quantitative estimate of drug-likeness (QED) is 0.369. The number of benzene rings is 3. The van der Waals surface area contributed by atoms with Crippen LogP contribution < -0.4 is 9.64 Å². The number of carboxylic acids is 1. The molecule has 0 bridgehead atoms. The molecule has 4 nitrogen and oxygen atoms in total. The van der Waals surface area contributed by atoms with E-state index in [-0.39, 0.29) is 25.2 Å². The summed E-state index contributed by atoms with van der Waals surface area (Å²) in [6.07, 6.45) is -4.33. The molecule has 36 heavy (non-hydrogen) atoms. The first-order chi connectivity index (χ1) is 17.0. The minimum Gasteiger partial charge on any atom is -0.497 e. The fraction of sp³-hybridized carbons (Fsp3) is 0.321. The summed E-state index contributed by atoms with van der Waals surface area (Å²) in [6, 6.07) is 16.8. The molecule has 0 aromatic heterocycles. The van der Waals surface area contributed by atoms with Gasteiger partial charge in [-0.1, -0.05) is 30.3 Å². The van der Waals surface area contributed by atoms with Gasteiger partial charge in [0.05, 0.1) is 19.4 Å². The van der Waals surface area contributed by atoms with E-state index in [2.05, 4.69) is 0 Å². The lowest BCUT2D eigenvalue weighted by molar-refractivity contribution is -0.169. The number of halogens is 4. The second-order valence-electron chi connectivity index (χ2n) is 9.21. The molecular formula is C28H27F4NO3. The third-order valence-corrected chi connectivity index (χ3v) is 6.78. The number of hydrogen-bond donors (Lipinski definition) is 1. The van der Waals surface area contributed by atoms with Gasteiger partial charge in [0, 0.05) is 23.8 Å². The molecule has 3 aromatic rings. The zero-order valence-electron chi connectivity index (χ0n) is 20.0. The van der Waals surface area contributed by atoms with Crippen LogP contribution >= 0.6 is 0 Å². The number of rotatable bonds is 7. The number of aryl methyl sites for hydroxylation is 1. The maximum atomic E-state index is 14.4. The van der Waals surface area contributed by atoms with Crippen LogP contribution in [0.4, 0.5) is 23.2 Å². The van der Waals surface area contributed by atoms with Crippen LogP contribution in [0.2, 0.25) is 0 Å². The average molecular weight is 502 g/mol. The van der Waals surface area contributed by atoms with Crippen LogP contribution in [0.1, 0.15) is 29.5 Å². The van der Waals surface area contributed by atoms with Crippen molar-refractivity contribution in [1.82, 2.24) is 0 Å². The third-order valence-electron chi connectivity index (χ3n) is 6.78. The number of ether oxygens (including phenoxy) is 1. The zero-order chi connectivity index (χ0) is 26.0. The lowest BCUT2D eigenvalue weighted by atomic mass is 9.95. The molecule has 1 fully saturated rings. The highest BCUT2D eigenvalue weighted by Gasteiger charge is 2.47. The van der Waals surface area contributed by atoms with Crippen LogP contribution in [0.5, 0.6) is 5.75 Å². The van der Waals surface area contributed by atoms with Gasteiger partial charge in [0.25, 0.3) is 0 Å². The van der Waals surface area contributed by atoms with Gasteiger partial charge in [-0.05, 0) is 72.4 Å². The van der Waals surface area contributed by atoms with Crippen molar-refractivity contribution in [2.45, 2.75) is 38.4 Å². The van der Waals surface area contributed by atoms with Gasteiger partial charge in [0.1, 0.15) is 11.6 Å². The van der Waals surface area contributed by atoms with Crippen molar-refractivity contribution >= 4 is 11.7 Å². The summed E-state index contributed by atoms with van der Waals surface area (Å²) in [5.74, 6) is -2.43. The molecule has 0 saturated carbocycles. The molecule has 3 aromatic carbocycles. The second-order valence-corrected chi connectivity index (χ2v) is 9.21. The van der Waals surface area contributed by atoms with Crippen LogP contribution in [-0.2, 0) is 11.2 Å². The van der Waals surface area contributed by atoms with E-state index in [0.29, 0.717) is 23.4 Å². The maximum Gasteiger partial charge on any atom is 0.393 e. The maximum absolute atomic E-state index is 14.4. The molecule has 0 radical (unpaired) electrons. The lowest BCUT2D eigenvalue weighted by Crippen LogP contribution is -2.32. The number of carbonyl (C=O) groups is 1. The highest BCUT2D eigenvalue weighted by atomic mass is 19.4. The van der Waals surface area contributed by atoms with E-state index < -0.39 is 24.1 Å². The number of aliphatic carboxylic acids is 1. The Kier molecular flexibility index (Phi) is 7.24. The van der Waals surface area contributed by atoms with Gasteiger partial charge in [-0.3, -0.25) is 4.79 Å². The standard InChI is InChI=1S/C28H27F4NO3/c1-17-11-20(25-15-24(36-2)9-10-26(25)29)6-5-19(17)12-18-3-7-22(8-4-18)33-16-21(28(30,31)32)13-23(33)14-27(34)35/h3-11,15,21,23H,12-14,16H2,1-2H3,(H,34,35)/t21-,23+/m1/s1. The number of carboxylic acid groups (broad SMARTS) is 1. The topological polar surface area (TPSA) is 49.8 Å². The van der Waals surface area contributed by atoms with Gasteiger partial charge in [0.15, 0.2) is 0 Å². The average Bonchev–Trinajstić information content (AvgIpc) is 3.25. The molecule has 0 unspecified atom stereocenters. The minimum atomic E-state index is -4.36. The Balaban J connectivity index is 1.51. The number of anilines is 1. The smallest absolute Gasteiger partial charge is 0.393 e. The molecule has 1 aliphatic heterocycles. The van der Waals surface area contributed by atoms with E-state index in [1.165, 1.54) is 13.2 Å². The SMILES string of the molecule is COc1ccc(F)c(-c2ccc(Cc3ccc(N4C[C@H](C(F)(F)F)C[C@H]4CC(=O)O)cc3)c(C)c2)c1. The Hall–Kier alpha value is -3.55. The molecule has 1 aliphatic rings. The summed E-state index contributed by atoms with van der Waals surface area (Å²) >= 11 is 0. The van der Waals surface area contributed by atoms with Crippen molar-refractivity contribution in [3.05, 3.63) is 83.2 Å². The molecule has 8 heteroatoms. The highest BCUT2D eigenvalue weighted by molar-refractivity contribution is 5.69. The lowest BCUT2D eigenvalue weighted by Gasteiger charge is -2.26. The molecule has 2 atom stereocenters. The number of hydrogen-bond acceptors (Lipinski definition) is 3. The summed E-state index contributed by atoms with van der Waals surface area (Å²) < 4.78 is 59.5. The molecular weight excluding hydrogens is 474 g/mol. The predicted octanol–water partition coefficient (Wildman–Crippen LogP) is 6.63. The summed E-state index contributed by atoms with van der Waals surface area (Å²) in [5.41, 5.74) is 4.75. The van der Waals surface area contributed by atoms with Crippen LogP contribution in [0.15, 0.2) is 60.7 Å². The molecule has 1 saturated heterocycles. The molecule has 0 aliphatic carbocycles. The van der Waals surface area contributed by atoms with Crippen molar-refractivity contribution < 1.29 is 32.2 Å². The van der Waals surface area contributed by atoms with Crippen LogP contribution in [-0.4, -0.2) is 36.9 Å². The Morgan fingerprint density at radius 1 is 1.08 bits per heavy atom. The number of alkyl halides is 3. The second kappa shape index (κ2) is 10.2. The van der Waals surface area contributed by atoms with E-state index in [4.69, 9.17) is 9.84 Å². The van der Waals surface area contributed by atoms with Gasteiger partial charge in [0.2, 0.25) is 0 Å². The van der Waals surface area contributed by atoms with E-state index in [1.807, 2.05) is 37.3 Å². The van der Waals surface area contributed by atoms with E-state index in [9.17, 15) is 22.4 Å². The molecule has 190 valence electrons. The molecule has 4 rings (SSSR count). The fourth-order valence-electron chi connectivity index (χ4n) is 4.80. The number of methoxy groups -OCH3 is 1. The van der Waals surface area contributed by atoms with Crippen molar-refractivity contribution in [3.63, 3.8) is 0 Å². The largest absolute Gasteiger partial charge is 0.497 e. The first-order valence-electron chi connectivity index (χ1n) is 11.6. The first-order valence-corrected chi connectivity index (χ1v) is 11.6. The third kappa shape index (κ3) is 5.64. The summed E-state index contributed by atoms with van der Waals surface area (Å²) in [6.45, 7) is 1.70. The Labute approximate surface area is 207 Å². The normalized spacial score (nSPS) is 17.9. The van der Waals surface area contributed by atoms with Crippen molar-refractivity contribution in [3.8, 4) is 16.9 Å². The minimum absolute atomic E-state index is 0.225. The molecule has 1 N–H and O–H groups in total. The summed E-state index contributed by atoms with van der Waals surface area (Å²) in [4.78, 5) is 12.8. The monoisotopic (exact) mass is 501 g/mol. The van der Waals surface area contributed by atoms with Gasteiger partial charge in [-0.25, -0.2) is 4.39 Å². The van der Waals surface area contributed by atoms with Crippen LogP contribution in [0.25, 0.3) is 11.1 Å². The molecule has 0 spiro atoms. The van der Waals surface area contributed by atoms with E-state index >= 15 is 0 Å². The number of nitrogens with zero attached hydrogens (tertiary/aromatic N) is 1. The summed E-state index contributed by atoms with van der Waals surface area (Å²) in [7, 11) is 1.53. The Morgan fingerprint density at radius 3 is 2.42 bits per heavy atom. The predicted molar refractivity (Wildman–Crippen MR) is 130 cm³/mol. The van der Waals surface area contributed by atoms with Gasteiger partial charge >= 0.3 is 12.1 Å². The van der Waals surface area contributed by atoms with E-state index in [0.717, 1.165) is 22.3 Å². The zero-order valence-corrected chi connectivity index (χ0v) is 20.0. The molecule has 0 amide bonds. The van der Waals surface area contributed by atoms with Crippen molar-refractivity contribution in [2.75, 3.05) is 18.6 Å². The van der Waals surface area contributed by atoms with Crippen molar-refractivity contribution in [1.29, 1.82) is 0 Å². The highest BCUT2D eigenvalue weighted by Crippen LogP contribution is 2.40. The van der Waals surface area contributed by atoms with Gasteiger partial charge in [-0.15, -0.1) is 0 Å². The Bertz CT molecular complexity index is 1240. The molecule has 1 heterocycles. The van der Waals surface area contributed by atoms with Crippen LogP contribution in [0.3, 0.4) is 0 Å². The van der Waals surface area contributed by atoms with Crippen molar-refractivity contribution in [2.24, 2.45) is 5.92 Å². The van der Waals surface area contributed by atoms with E-state index in [1.54, 1.807) is 29.2 Å².